The molecule has 0 aromatic rings. The zero-order valence-corrected chi connectivity index (χ0v) is 17.7. The minimum absolute atomic E-state index is 0. The van der Waals surface area contributed by atoms with Gasteiger partial charge in [0.25, 0.3) is 0 Å². The van der Waals surface area contributed by atoms with Crippen LogP contribution >= 0.6 is 24.0 Å². The van der Waals surface area contributed by atoms with Gasteiger partial charge in [0.1, 0.15) is 6.54 Å². The summed E-state index contributed by atoms with van der Waals surface area (Å²) >= 11 is 0. The van der Waals surface area contributed by atoms with E-state index in [-0.39, 0.29) is 42.2 Å². The molecule has 142 valence electrons. The van der Waals surface area contributed by atoms with Crippen LogP contribution in [-0.2, 0) is 14.8 Å². The fourth-order valence-electron chi connectivity index (χ4n) is 2.18. The number of nitrogens with zero attached hydrogens (tertiary/aromatic N) is 2. The van der Waals surface area contributed by atoms with Gasteiger partial charge in [-0.15, -0.1) is 24.0 Å². The second kappa shape index (κ2) is 12.7. The Morgan fingerprint density at radius 1 is 1.12 bits per heavy atom. The van der Waals surface area contributed by atoms with Crippen LogP contribution in [0.15, 0.2) is 4.99 Å². The molecule has 1 aliphatic rings. The lowest BCUT2D eigenvalue weighted by molar-refractivity contribution is -0.128. The molecule has 1 saturated heterocycles. The molecule has 0 atom stereocenters. The van der Waals surface area contributed by atoms with Crippen molar-refractivity contribution in [2.24, 2.45) is 4.99 Å². The Labute approximate surface area is 162 Å². The average molecular weight is 475 g/mol. The normalized spacial score (nSPS) is 15.1. The summed E-state index contributed by atoms with van der Waals surface area (Å²) < 4.78 is 25.1. The molecule has 1 amide bonds. The topological polar surface area (TPSA) is 103 Å². The van der Waals surface area contributed by atoms with E-state index in [9.17, 15) is 13.2 Å². The molecule has 0 aromatic carbocycles. The van der Waals surface area contributed by atoms with Crippen LogP contribution in [0.1, 0.15) is 33.1 Å². The van der Waals surface area contributed by atoms with E-state index in [2.05, 4.69) is 20.3 Å². The monoisotopic (exact) mass is 475 g/mol. The van der Waals surface area contributed by atoms with E-state index in [1.165, 1.54) is 0 Å². The minimum Gasteiger partial charge on any atom is -0.357 e. The van der Waals surface area contributed by atoms with E-state index in [1.54, 1.807) is 6.92 Å². The Kier molecular flexibility index (Phi) is 12.4. The minimum atomic E-state index is -3.14. The van der Waals surface area contributed by atoms with Crippen molar-refractivity contribution in [2.75, 3.05) is 45.0 Å². The number of guanidine groups is 1. The molecule has 1 heterocycles. The van der Waals surface area contributed by atoms with Gasteiger partial charge in [-0.25, -0.2) is 18.1 Å². The molecule has 0 aromatic heterocycles. The molecular formula is C14H30IN5O3S. The molecule has 0 spiro atoms. The Hall–Kier alpha value is -0.620. The average Bonchev–Trinajstić information content (AvgIpc) is 3.06. The summed E-state index contributed by atoms with van der Waals surface area (Å²) in [6, 6.07) is 0. The van der Waals surface area contributed by atoms with Crippen LogP contribution in [0.2, 0.25) is 0 Å². The first-order chi connectivity index (χ1) is 11.0. The number of carbonyl (C=O) groups excluding carboxylic acids is 1. The second-order valence-electron chi connectivity index (χ2n) is 5.36. The summed E-state index contributed by atoms with van der Waals surface area (Å²) in [5.41, 5.74) is 0. The van der Waals surface area contributed by atoms with Crippen molar-refractivity contribution in [3.05, 3.63) is 0 Å². The zero-order valence-electron chi connectivity index (χ0n) is 14.5. The third-order valence-electron chi connectivity index (χ3n) is 3.52. The van der Waals surface area contributed by atoms with Crippen molar-refractivity contribution in [3.63, 3.8) is 0 Å². The highest BCUT2D eigenvalue weighted by molar-refractivity contribution is 14.0. The van der Waals surface area contributed by atoms with Crippen LogP contribution in [0.3, 0.4) is 0 Å². The number of amides is 1. The predicted octanol–water partition coefficient (Wildman–Crippen LogP) is 0.111. The molecule has 24 heavy (non-hydrogen) atoms. The molecule has 0 radical (unpaired) electrons. The molecule has 1 aliphatic heterocycles. The predicted molar refractivity (Wildman–Crippen MR) is 107 cm³/mol. The van der Waals surface area contributed by atoms with Crippen molar-refractivity contribution in [3.8, 4) is 0 Å². The number of sulfonamides is 1. The molecule has 0 bridgehead atoms. The van der Waals surface area contributed by atoms with E-state index in [1.807, 2.05) is 11.8 Å². The van der Waals surface area contributed by atoms with Crippen LogP contribution in [0.4, 0.5) is 0 Å². The number of halogens is 1. The molecule has 0 aliphatic carbocycles. The molecular weight excluding hydrogens is 445 g/mol. The Morgan fingerprint density at radius 3 is 2.38 bits per heavy atom. The van der Waals surface area contributed by atoms with Crippen molar-refractivity contribution >= 4 is 45.9 Å². The summed E-state index contributed by atoms with van der Waals surface area (Å²) in [6.45, 7) is 7.02. The smallest absolute Gasteiger partial charge is 0.244 e. The second-order valence-corrected chi connectivity index (χ2v) is 7.46. The van der Waals surface area contributed by atoms with Gasteiger partial charge in [0.05, 0.1) is 5.75 Å². The third kappa shape index (κ3) is 9.62. The van der Waals surface area contributed by atoms with Crippen LogP contribution in [0.5, 0.6) is 0 Å². The summed E-state index contributed by atoms with van der Waals surface area (Å²) in [7, 11) is -3.14. The summed E-state index contributed by atoms with van der Waals surface area (Å²) in [4.78, 5) is 18.1. The molecule has 0 saturated carbocycles. The lowest BCUT2D eigenvalue weighted by Crippen LogP contribution is -2.40. The fourth-order valence-corrected chi connectivity index (χ4v) is 2.84. The van der Waals surface area contributed by atoms with Gasteiger partial charge in [0, 0.05) is 32.7 Å². The quantitative estimate of drug-likeness (QED) is 0.190. The zero-order chi connectivity index (χ0) is 17.1. The number of hydrogen-bond donors (Lipinski definition) is 3. The number of rotatable bonds is 9. The van der Waals surface area contributed by atoms with Gasteiger partial charge in [-0.1, -0.05) is 0 Å². The highest BCUT2D eigenvalue weighted by Crippen LogP contribution is 2.07. The summed E-state index contributed by atoms with van der Waals surface area (Å²) in [6.07, 6.45) is 2.78. The van der Waals surface area contributed by atoms with Crippen molar-refractivity contribution in [1.82, 2.24) is 20.3 Å². The van der Waals surface area contributed by atoms with Gasteiger partial charge in [-0.05, 0) is 33.1 Å². The van der Waals surface area contributed by atoms with E-state index in [4.69, 9.17) is 0 Å². The highest BCUT2D eigenvalue weighted by atomic mass is 127. The van der Waals surface area contributed by atoms with E-state index in [0.29, 0.717) is 32.0 Å². The molecule has 10 heteroatoms. The van der Waals surface area contributed by atoms with Crippen LogP contribution in [0.25, 0.3) is 0 Å². The van der Waals surface area contributed by atoms with Gasteiger partial charge in [-0.3, -0.25) is 4.79 Å². The number of likely N-dealkylation sites (tertiary alicyclic amines) is 1. The first-order valence-corrected chi connectivity index (χ1v) is 9.91. The van der Waals surface area contributed by atoms with Gasteiger partial charge in [0.2, 0.25) is 15.9 Å². The first kappa shape index (κ1) is 23.4. The van der Waals surface area contributed by atoms with Gasteiger partial charge in [-0.2, -0.15) is 0 Å². The van der Waals surface area contributed by atoms with E-state index in [0.717, 1.165) is 25.9 Å². The number of aliphatic imine (C=N–C) groups is 1. The third-order valence-corrected chi connectivity index (χ3v) is 4.93. The molecule has 1 rings (SSSR count). The molecule has 1 fully saturated rings. The molecule has 0 unspecified atom stereocenters. The highest BCUT2D eigenvalue weighted by Gasteiger charge is 2.17. The number of nitrogens with one attached hydrogen (secondary N) is 3. The van der Waals surface area contributed by atoms with Crippen LogP contribution < -0.4 is 15.4 Å². The van der Waals surface area contributed by atoms with Crippen molar-refractivity contribution in [2.45, 2.75) is 33.1 Å². The number of hydrogen-bond acceptors (Lipinski definition) is 4. The lowest BCUT2D eigenvalue weighted by Gasteiger charge is -2.15. The fraction of sp³-hybridized carbons (Fsp3) is 0.857. The van der Waals surface area contributed by atoms with Gasteiger partial charge < -0.3 is 15.5 Å². The maximum Gasteiger partial charge on any atom is 0.244 e. The van der Waals surface area contributed by atoms with Crippen LogP contribution in [-0.4, -0.2) is 70.2 Å². The molecule has 8 nitrogen and oxygen atoms in total. The maximum atomic E-state index is 12.0. The largest absolute Gasteiger partial charge is 0.357 e. The summed E-state index contributed by atoms with van der Waals surface area (Å²) in [5.74, 6) is 0.720. The SMILES string of the molecule is CCNC(=NCC(=O)N1CCCC1)NCCCNS(=O)(=O)CC.I. The first-order valence-electron chi connectivity index (χ1n) is 8.25. The lowest BCUT2D eigenvalue weighted by atomic mass is 10.4. The van der Waals surface area contributed by atoms with E-state index >= 15 is 0 Å². The molecule has 3 N–H and O–H groups in total. The van der Waals surface area contributed by atoms with Crippen molar-refractivity contribution in [1.29, 1.82) is 0 Å². The standard InChI is InChI=1S/C14H29N5O3S.HI/c1-3-15-14(16-8-7-9-18-23(21,22)4-2)17-12-13(20)19-10-5-6-11-19;/h18H,3-12H2,1-2H3,(H2,15,16,17);1H. The Bertz CT molecular complexity index is 493. The number of carbonyl (C=O) groups is 1. The Morgan fingerprint density at radius 2 is 1.79 bits per heavy atom. The van der Waals surface area contributed by atoms with Gasteiger partial charge in [0.15, 0.2) is 5.96 Å². The van der Waals surface area contributed by atoms with Crippen molar-refractivity contribution < 1.29 is 13.2 Å². The van der Waals surface area contributed by atoms with Crippen LogP contribution in [0, 0.1) is 0 Å². The summed E-state index contributed by atoms with van der Waals surface area (Å²) in [5, 5.41) is 6.18. The van der Waals surface area contributed by atoms with E-state index < -0.39 is 10.0 Å². The Balaban J connectivity index is 0.00000529. The maximum absolute atomic E-state index is 12.0. The van der Waals surface area contributed by atoms with Gasteiger partial charge >= 0.3 is 0 Å².